The van der Waals surface area contributed by atoms with Crippen molar-refractivity contribution in [3.05, 3.63) is 57.1 Å². The van der Waals surface area contributed by atoms with Crippen molar-refractivity contribution in [1.29, 1.82) is 0 Å². The molecule has 2 nitrogen and oxygen atoms in total. The second-order valence-corrected chi connectivity index (χ2v) is 4.70. The van der Waals surface area contributed by atoms with E-state index in [2.05, 4.69) is 22.6 Å². The quantitative estimate of drug-likeness (QED) is 0.636. The second-order valence-electron chi connectivity index (χ2n) is 3.46. The van der Waals surface area contributed by atoms with Crippen molar-refractivity contribution in [2.45, 2.75) is 13.3 Å². The molecule has 1 aromatic heterocycles. The van der Waals surface area contributed by atoms with Crippen LogP contribution in [0.3, 0.4) is 0 Å². The van der Waals surface area contributed by atoms with Crippen LogP contribution < -0.4 is 0 Å². The molecule has 0 amide bonds. The summed E-state index contributed by atoms with van der Waals surface area (Å²) in [6.45, 7) is 2.00. The van der Waals surface area contributed by atoms with Gasteiger partial charge in [0, 0.05) is 15.6 Å². The summed E-state index contributed by atoms with van der Waals surface area (Å²) in [5.41, 5.74) is 0.664. The van der Waals surface area contributed by atoms with Crippen LogP contribution in [0.2, 0.25) is 0 Å². The Labute approximate surface area is 108 Å². The maximum absolute atomic E-state index is 12.0. The van der Waals surface area contributed by atoms with Gasteiger partial charge < -0.3 is 4.42 Å². The van der Waals surface area contributed by atoms with Crippen molar-refractivity contribution in [2.75, 3.05) is 0 Å². The Kier molecular flexibility index (Phi) is 3.43. The fourth-order valence-electron chi connectivity index (χ4n) is 1.43. The van der Waals surface area contributed by atoms with Crippen molar-refractivity contribution in [1.82, 2.24) is 0 Å². The van der Waals surface area contributed by atoms with Crippen molar-refractivity contribution < 1.29 is 9.21 Å². The first-order valence-corrected chi connectivity index (χ1v) is 6.17. The predicted molar refractivity (Wildman–Crippen MR) is 70.7 cm³/mol. The third-order valence-electron chi connectivity index (χ3n) is 2.34. The standard InChI is InChI=1S/C13H11IO2/c1-2-11-7-8-12(16-11)13(15)9-3-5-10(14)6-4-9/h3-8H,2H2,1H3. The lowest BCUT2D eigenvalue weighted by Gasteiger charge is -1.97. The third-order valence-corrected chi connectivity index (χ3v) is 3.06. The maximum Gasteiger partial charge on any atom is 0.228 e. The smallest absolute Gasteiger partial charge is 0.228 e. The van der Waals surface area contributed by atoms with Gasteiger partial charge in [0.2, 0.25) is 5.78 Å². The minimum Gasteiger partial charge on any atom is -0.458 e. The van der Waals surface area contributed by atoms with Gasteiger partial charge >= 0.3 is 0 Å². The zero-order valence-electron chi connectivity index (χ0n) is 8.87. The maximum atomic E-state index is 12.0. The molecule has 0 fully saturated rings. The van der Waals surface area contributed by atoms with E-state index >= 15 is 0 Å². The molecule has 2 rings (SSSR count). The number of ketones is 1. The summed E-state index contributed by atoms with van der Waals surface area (Å²) in [6.07, 6.45) is 0.806. The number of hydrogen-bond acceptors (Lipinski definition) is 2. The molecule has 0 aliphatic rings. The van der Waals surface area contributed by atoms with Gasteiger partial charge in [-0.1, -0.05) is 6.92 Å². The van der Waals surface area contributed by atoms with Crippen LogP contribution in [0.1, 0.15) is 28.8 Å². The number of hydrogen-bond donors (Lipinski definition) is 0. The van der Waals surface area contributed by atoms with Gasteiger partial charge in [-0.05, 0) is 59.0 Å². The highest BCUT2D eigenvalue weighted by molar-refractivity contribution is 14.1. The molecule has 0 saturated carbocycles. The molecule has 0 aliphatic heterocycles. The molecule has 2 aromatic rings. The molecular weight excluding hydrogens is 315 g/mol. The minimum absolute atomic E-state index is 0.0592. The summed E-state index contributed by atoms with van der Waals surface area (Å²) in [4.78, 5) is 12.0. The molecule has 0 atom stereocenters. The van der Waals surface area contributed by atoms with Gasteiger partial charge in [-0.3, -0.25) is 4.79 Å². The van der Waals surface area contributed by atoms with Crippen molar-refractivity contribution in [3.8, 4) is 0 Å². The number of rotatable bonds is 3. The second kappa shape index (κ2) is 4.82. The molecule has 0 unspecified atom stereocenters. The van der Waals surface area contributed by atoms with Crippen LogP contribution in [0.15, 0.2) is 40.8 Å². The SMILES string of the molecule is CCc1ccc(C(=O)c2ccc(I)cc2)o1. The van der Waals surface area contributed by atoms with Crippen molar-refractivity contribution >= 4 is 28.4 Å². The van der Waals surface area contributed by atoms with E-state index in [1.165, 1.54) is 0 Å². The van der Waals surface area contributed by atoms with Crippen molar-refractivity contribution in [3.63, 3.8) is 0 Å². The van der Waals surface area contributed by atoms with E-state index in [-0.39, 0.29) is 5.78 Å². The lowest BCUT2D eigenvalue weighted by molar-refractivity contribution is 0.101. The molecule has 0 radical (unpaired) electrons. The number of halogens is 1. The number of furan rings is 1. The number of carbonyl (C=O) groups is 1. The summed E-state index contributed by atoms with van der Waals surface area (Å²) in [5, 5.41) is 0. The van der Waals surface area contributed by atoms with Crippen molar-refractivity contribution in [2.24, 2.45) is 0 Å². The average molecular weight is 326 g/mol. The lowest BCUT2D eigenvalue weighted by atomic mass is 10.1. The highest BCUT2D eigenvalue weighted by Gasteiger charge is 2.12. The Balaban J connectivity index is 2.28. The Bertz CT molecular complexity index is 497. The Morgan fingerprint density at radius 2 is 1.88 bits per heavy atom. The fraction of sp³-hybridized carbons (Fsp3) is 0.154. The normalized spacial score (nSPS) is 10.4. The van der Waals surface area contributed by atoms with Gasteiger partial charge in [0.15, 0.2) is 5.76 Å². The summed E-state index contributed by atoms with van der Waals surface area (Å²) >= 11 is 2.21. The van der Waals surface area contributed by atoms with E-state index < -0.39 is 0 Å². The summed E-state index contributed by atoms with van der Waals surface area (Å²) in [5.74, 6) is 1.20. The van der Waals surface area contributed by atoms with Gasteiger partial charge in [-0.2, -0.15) is 0 Å². The van der Waals surface area contributed by atoms with E-state index in [1.54, 1.807) is 6.07 Å². The van der Waals surface area contributed by atoms with Gasteiger partial charge in [0.05, 0.1) is 0 Å². The highest BCUT2D eigenvalue weighted by Crippen LogP contribution is 2.15. The zero-order chi connectivity index (χ0) is 11.5. The molecule has 3 heteroatoms. The molecule has 82 valence electrons. The minimum atomic E-state index is -0.0592. The Hall–Kier alpha value is -1.10. The van der Waals surface area contributed by atoms with Crippen LogP contribution >= 0.6 is 22.6 Å². The summed E-state index contributed by atoms with van der Waals surface area (Å²) < 4.78 is 6.54. The molecule has 0 spiro atoms. The molecule has 1 heterocycles. The van der Waals surface area contributed by atoms with Crippen LogP contribution in [0.4, 0.5) is 0 Å². The van der Waals surface area contributed by atoms with Crippen LogP contribution in [-0.4, -0.2) is 5.78 Å². The highest BCUT2D eigenvalue weighted by atomic mass is 127. The Morgan fingerprint density at radius 3 is 2.44 bits per heavy atom. The van der Waals surface area contributed by atoms with Gasteiger partial charge in [-0.15, -0.1) is 0 Å². The first-order valence-electron chi connectivity index (χ1n) is 5.09. The molecule has 1 aromatic carbocycles. The van der Waals surface area contributed by atoms with Crippen LogP contribution in [0.25, 0.3) is 0 Å². The first kappa shape index (κ1) is 11.4. The van der Waals surface area contributed by atoms with Gasteiger partial charge in [0.1, 0.15) is 5.76 Å². The predicted octanol–water partition coefficient (Wildman–Crippen LogP) is 3.68. The number of carbonyl (C=O) groups excluding carboxylic acids is 1. The third kappa shape index (κ3) is 2.35. The van der Waals surface area contributed by atoms with E-state index in [4.69, 9.17) is 4.42 Å². The molecule has 0 N–H and O–H groups in total. The Morgan fingerprint density at radius 1 is 1.19 bits per heavy atom. The van der Waals surface area contributed by atoms with E-state index in [0.717, 1.165) is 15.8 Å². The van der Waals surface area contributed by atoms with Gasteiger partial charge in [-0.25, -0.2) is 0 Å². The van der Waals surface area contributed by atoms with Crippen LogP contribution in [0, 0.1) is 3.57 Å². The molecule has 0 aliphatic carbocycles. The fourth-order valence-corrected chi connectivity index (χ4v) is 1.79. The summed E-state index contributed by atoms with van der Waals surface area (Å²) in [6, 6.07) is 11.0. The molecule has 0 bridgehead atoms. The molecule has 0 saturated heterocycles. The van der Waals surface area contributed by atoms with Crippen LogP contribution in [-0.2, 0) is 6.42 Å². The molecule has 16 heavy (non-hydrogen) atoms. The van der Waals surface area contributed by atoms with Gasteiger partial charge in [0.25, 0.3) is 0 Å². The lowest BCUT2D eigenvalue weighted by Crippen LogP contribution is -1.99. The summed E-state index contributed by atoms with van der Waals surface area (Å²) in [7, 11) is 0. The number of benzene rings is 1. The first-order chi connectivity index (χ1) is 7.70. The van der Waals surface area contributed by atoms with E-state index in [9.17, 15) is 4.79 Å². The van der Waals surface area contributed by atoms with Crippen LogP contribution in [0.5, 0.6) is 0 Å². The average Bonchev–Trinajstić information content (AvgIpc) is 2.77. The topological polar surface area (TPSA) is 30.2 Å². The largest absolute Gasteiger partial charge is 0.458 e. The van der Waals surface area contributed by atoms with E-state index in [0.29, 0.717) is 11.3 Å². The zero-order valence-corrected chi connectivity index (χ0v) is 11.0. The monoisotopic (exact) mass is 326 g/mol. The number of aryl methyl sites for hydroxylation is 1. The molecular formula is C13H11IO2. The van der Waals surface area contributed by atoms with E-state index in [1.807, 2.05) is 37.3 Å².